The van der Waals surface area contributed by atoms with Gasteiger partial charge in [0.2, 0.25) is 0 Å². The maximum Gasteiger partial charge on any atom is 0.273 e. The number of nitrogens with zero attached hydrogens (tertiary/aromatic N) is 1. The Bertz CT molecular complexity index is 314. The molecular formula is C5H7NO4S. The van der Waals surface area contributed by atoms with Gasteiger partial charge in [-0.05, 0) is 6.92 Å². The van der Waals surface area contributed by atoms with Crippen LogP contribution >= 0.6 is 0 Å². The lowest BCUT2D eigenvalue weighted by Gasteiger charge is -2.00. The predicted molar refractivity (Wildman–Crippen MR) is 36.5 cm³/mol. The Hall–Kier alpha value is -0.880. The van der Waals surface area contributed by atoms with Crippen LogP contribution in [0.5, 0.6) is 0 Å². The minimum absolute atomic E-state index is 0.201. The molecule has 0 saturated heterocycles. The van der Waals surface area contributed by atoms with Crippen LogP contribution in [0.15, 0.2) is 16.9 Å². The second kappa shape index (κ2) is 2.63. The van der Waals surface area contributed by atoms with Crippen LogP contribution in [0.1, 0.15) is 17.9 Å². The summed E-state index contributed by atoms with van der Waals surface area (Å²) in [5.74, 6) is 0. The van der Waals surface area contributed by atoms with Gasteiger partial charge in [-0.15, -0.1) is 0 Å². The average Bonchev–Trinajstić information content (AvgIpc) is 2.34. The number of hydrogen-bond acceptors (Lipinski definition) is 4. The third kappa shape index (κ3) is 1.78. The van der Waals surface area contributed by atoms with E-state index in [-0.39, 0.29) is 5.69 Å². The van der Waals surface area contributed by atoms with Crippen molar-refractivity contribution in [1.82, 2.24) is 5.16 Å². The molecule has 0 bridgehead atoms. The Labute approximate surface area is 63.8 Å². The van der Waals surface area contributed by atoms with Crippen molar-refractivity contribution in [3.05, 3.63) is 18.0 Å². The molecule has 6 heteroatoms. The van der Waals surface area contributed by atoms with Crippen LogP contribution in [0.4, 0.5) is 0 Å². The van der Waals surface area contributed by atoms with Crippen LogP contribution in [-0.4, -0.2) is 18.1 Å². The van der Waals surface area contributed by atoms with Gasteiger partial charge in [0.15, 0.2) is 0 Å². The maximum atomic E-state index is 10.5. The first kappa shape index (κ1) is 8.22. The van der Waals surface area contributed by atoms with Crippen molar-refractivity contribution in [1.29, 1.82) is 0 Å². The molecular weight excluding hydrogens is 170 g/mol. The summed E-state index contributed by atoms with van der Waals surface area (Å²) in [6.07, 6.45) is 1.25. The van der Waals surface area contributed by atoms with Gasteiger partial charge in [0.1, 0.15) is 17.2 Å². The second-order valence-electron chi connectivity index (χ2n) is 2.08. The topological polar surface area (TPSA) is 80.4 Å². The molecule has 1 N–H and O–H groups in total. The summed E-state index contributed by atoms with van der Waals surface area (Å²) in [7, 11) is -4.05. The van der Waals surface area contributed by atoms with Crippen molar-refractivity contribution in [2.24, 2.45) is 0 Å². The van der Waals surface area contributed by atoms with Gasteiger partial charge in [0.25, 0.3) is 10.1 Å². The molecule has 1 aromatic rings. The fourth-order valence-corrected chi connectivity index (χ4v) is 1.01. The molecule has 0 amide bonds. The summed E-state index contributed by atoms with van der Waals surface area (Å²) in [4.78, 5) is 0. The van der Waals surface area contributed by atoms with Crippen LogP contribution < -0.4 is 0 Å². The van der Waals surface area contributed by atoms with Crippen molar-refractivity contribution >= 4 is 10.1 Å². The van der Waals surface area contributed by atoms with E-state index in [1.54, 1.807) is 0 Å². The standard InChI is InChI=1S/C5H7NO4S/c1-4(11(7,8)9)5-2-3-10-6-5/h2-4H,1H3,(H,7,8,9). The van der Waals surface area contributed by atoms with Crippen molar-refractivity contribution in [3.8, 4) is 0 Å². The molecule has 0 saturated carbocycles. The highest BCUT2D eigenvalue weighted by Gasteiger charge is 2.21. The van der Waals surface area contributed by atoms with E-state index >= 15 is 0 Å². The van der Waals surface area contributed by atoms with Gasteiger partial charge in [0, 0.05) is 6.07 Å². The molecule has 1 atom stereocenters. The summed E-state index contributed by atoms with van der Waals surface area (Å²) in [6.45, 7) is 1.33. The summed E-state index contributed by atoms with van der Waals surface area (Å²) < 4.78 is 34.0. The van der Waals surface area contributed by atoms with E-state index in [1.807, 2.05) is 0 Å². The third-order valence-corrected chi connectivity index (χ3v) is 2.46. The zero-order valence-corrected chi connectivity index (χ0v) is 6.58. The Morgan fingerprint density at radius 3 is 2.73 bits per heavy atom. The van der Waals surface area contributed by atoms with Gasteiger partial charge in [-0.25, -0.2) is 0 Å². The lowest BCUT2D eigenvalue weighted by Crippen LogP contribution is -2.08. The molecule has 0 aliphatic heterocycles. The zero-order chi connectivity index (χ0) is 8.48. The van der Waals surface area contributed by atoms with Gasteiger partial charge < -0.3 is 4.52 Å². The van der Waals surface area contributed by atoms with E-state index in [4.69, 9.17) is 4.55 Å². The van der Waals surface area contributed by atoms with Crippen LogP contribution in [0.25, 0.3) is 0 Å². The van der Waals surface area contributed by atoms with Gasteiger partial charge in [0.05, 0.1) is 0 Å². The first-order valence-electron chi connectivity index (χ1n) is 2.88. The molecule has 0 aliphatic rings. The Morgan fingerprint density at radius 1 is 1.73 bits per heavy atom. The quantitative estimate of drug-likeness (QED) is 0.670. The zero-order valence-electron chi connectivity index (χ0n) is 5.76. The summed E-state index contributed by atoms with van der Waals surface area (Å²) in [5.41, 5.74) is 0.201. The van der Waals surface area contributed by atoms with E-state index in [0.717, 1.165) is 0 Å². The first-order valence-corrected chi connectivity index (χ1v) is 4.38. The SMILES string of the molecule is CC(c1ccon1)S(=O)(=O)O. The number of rotatable bonds is 2. The van der Waals surface area contributed by atoms with Crippen molar-refractivity contribution in [3.63, 3.8) is 0 Å². The largest absolute Gasteiger partial charge is 0.364 e. The predicted octanol–water partition coefficient (Wildman–Crippen LogP) is 0.623. The van der Waals surface area contributed by atoms with Crippen molar-refractivity contribution in [2.75, 3.05) is 0 Å². The highest BCUT2D eigenvalue weighted by atomic mass is 32.2. The number of aromatic nitrogens is 1. The Morgan fingerprint density at radius 2 is 2.36 bits per heavy atom. The van der Waals surface area contributed by atoms with Crippen molar-refractivity contribution < 1.29 is 17.5 Å². The average molecular weight is 177 g/mol. The van der Waals surface area contributed by atoms with Crippen LogP contribution in [-0.2, 0) is 10.1 Å². The minimum Gasteiger partial charge on any atom is -0.364 e. The van der Waals surface area contributed by atoms with Crippen molar-refractivity contribution in [2.45, 2.75) is 12.2 Å². The monoisotopic (exact) mass is 177 g/mol. The molecule has 0 spiro atoms. The summed E-state index contributed by atoms with van der Waals surface area (Å²) in [5, 5.41) is 2.34. The molecule has 0 radical (unpaired) electrons. The smallest absolute Gasteiger partial charge is 0.273 e. The van der Waals surface area contributed by atoms with Crippen LogP contribution in [0.2, 0.25) is 0 Å². The number of hydrogen-bond donors (Lipinski definition) is 1. The normalized spacial score (nSPS) is 14.7. The lowest BCUT2D eigenvalue weighted by atomic mass is 10.3. The highest BCUT2D eigenvalue weighted by molar-refractivity contribution is 7.86. The molecule has 5 nitrogen and oxygen atoms in total. The highest BCUT2D eigenvalue weighted by Crippen LogP contribution is 2.17. The van der Waals surface area contributed by atoms with E-state index in [1.165, 1.54) is 19.3 Å². The second-order valence-corrected chi connectivity index (χ2v) is 3.82. The molecule has 1 unspecified atom stereocenters. The maximum absolute atomic E-state index is 10.5. The van der Waals surface area contributed by atoms with Crippen LogP contribution in [0.3, 0.4) is 0 Å². The first-order chi connectivity index (χ1) is 5.02. The van der Waals surface area contributed by atoms with E-state index in [0.29, 0.717) is 0 Å². The fourth-order valence-electron chi connectivity index (χ4n) is 0.584. The third-order valence-electron chi connectivity index (χ3n) is 1.32. The van der Waals surface area contributed by atoms with Gasteiger partial charge in [-0.2, -0.15) is 8.42 Å². The molecule has 0 aromatic carbocycles. The van der Waals surface area contributed by atoms with E-state index in [9.17, 15) is 8.42 Å². The van der Waals surface area contributed by atoms with E-state index < -0.39 is 15.4 Å². The van der Waals surface area contributed by atoms with Gasteiger partial charge >= 0.3 is 0 Å². The molecule has 1 aromatic heterocycles. The van der Waals surface area contributed by atoms with E-state index in [2.05, 4.69) is 9.68 Å². The van der Waals surface area contributed by atoms with Gasteiger partial charge in [-0.3, -0.25) is 4.55 Å². The molecule has 1 rings (SSSR count). The summed E-state index contributed by atoms with van der Waals surface area (Å²) in [6, 6.07) is 1.39. The molecule has 62 valence electrons. The Kier molecular flexibility index (Phi) is 1.97. The summed E-state index contributed by atoms with van der Waals surface area (Å²) >= 11 is 0. The molecule has 1 heterocycles. The molecule has 0 fully saturated rings. The fraction of sp³-hybridized carbons (Fsp3) is 0.400. The van der Waals surface area contributed by atoms with Gasteiger partial charge in [-0.1, -0.05) is 5.16 Å². The lowest BCUT2D eigenvalue weighted by molar-refractivity contribution is 0.407. The van der Waals surface area contributed by atoms with Crippen LogP contribution in [0, 0.1) is 0 Å². The molecule has 0 aliphatic carbocycles. The Balaban J connectivity index is 2.97. The molecule has 11 heavy (non-hydrogen) atoms. The minimum atomic E-state index is -4.05.